The maximum Gasteiger partial charge on any atom is 0.221 e. The van der Waals surface area contributed by atoms with Gasteiger partial charge in [0.15, 0.2) is 0 Å². The molecular formula is C22H29N3O2. The molecule has 1 aliphatic carbocycles. The molecule has 1 aliphatic heterocycles. The first-order valence-corrected chi connectivity index (χ1v) is 9.79. The van der Waals surface area contributed by atoms with Gasteiger partial charge < -0.3 is 10.5 Å². The van der Waals surface area contributed by atoms with Gasteiger partial charge in [-0.05, 0) is 63.5 Å². The molecule has 2 N–H and O–H groups in total. The van der Waals surface area contributed by atoms with Gasteiger partial charge in [0.25, 0.3) is 0 Å². The molecule has 1 aromatic heterocycles. The number of likely N-dealkylation sites (tertiary alicyclic amines) is 1. The second-order valence-electron chi connectivity index (χ2n) is 8.86. The smallest absolute Gasteiger partial charge is 0.221 e. The van der Waals surface area contributed by atoms with E-state index in [0.29, 0.717) is 36.4 Å². The molecule has 1 amide bonds. The van der Waals surface area contributed by atoms with Gasteiger partial charge in [-0.3, -0.25) is 9.69 Å². The van der Waals surface area contributed by atoms with Crippen molar-refractivity contribution in [2.24, 2.45) is 23.5 Å². The summed E-state index contributed by atoms with van der Waals surface area (Å²) in [5.74, 6) is 1.35. The molecule has 4 rings (SSSR count). The molecule has 144 valence electrons. The summed E-state index contributed by atoms with van der Waals surface area (Å²) in [4.78, 5) is 18.7. The maximum atomic E-state index is 11.7. The summed E-state index contributed by atoms with van der Waals surface area (Å²) in [5, 5.41) is 2.22. The van der Waals surface area contributed by atoms with Crippen molar-refractivity contribution in [3.8, 4) is 5.88 Å². The summed E-state index contributed by atoms with van der Waals surface area (Å²) in [6, 6.07) is 8.87. The highest BCUT2D eigenvalue weighted by Gasteiger charge is 2.67. The van der Waals surface area contributed by atoms with E-state index in [1.54, 1.807) is 0 Å². The molecule has 2 aliphatic rings. The number of primary amides is 1. The van der Waals surface area contributed by atoms with Gasteiger partial charge in [0.1, 0.15) is 6.61 Å². The summed E-state index contributed by atoms with van der Waals surface area (Å²) in [6.07, 6.45) is 1.87. The largest absolute Gasteiger partial charge is 0.475 e. The molecule has 2 fully saturated rings. The monoisotopic (exact) mass is 367 g/mol. The number of nitrogens with zero attached hydrogens (tertiary/aromatic N) is 2. The summed E-state index contributed by atoms with van der Waals surface area (Å²) >= 11 is 0. The number of hydrogen-bond donors (Lipinski definition) is 1. The van der Waals surface area contributed by atoms with Crippen molar-refractivity contribution >= 4 is 16.7 Å². The number of carbonyl (C=O) groups excluding carboxylic acids is 1. The van der Waals surface area contributed by atoms with Crippen LogP contribution >= 0.6 is 0 Å². The van der Waals surface area contributed by atoms with Gasteiger partial charge >= 0.3 is 0 Å². The summed E-state index contributed by atoms with van der Waals surface area (Å²) in [7, 11) is 0. The van der Waals surface area contributed by atoms with Crippen molar-refractivity contribution < 1.29 is 9.53 Å². The quantitative estimate of drug-likeness (QED) is 0.881. The van der Waals surface area contributed by atoms with E-state index in [9.17, 15) is 4.79 Å². The zero-order valence-corrected chi connectivity index (χ0v) is 16.8. The lowest BCUT2D eigenvalue weighted by atomic mass is 9.97. The highest BCUT2D eigenvalue weighted by molar-refractivity contribution is 5.89. The fourth-order valence-corrected chi connectivity index (χ4v) is 5.57. The van der Waals surface area contributed by atoms with E-state index in [1.165, 1.54) is 5.39 Å². The van der Waals surface area contributed by atoms with Crippen LogP contribution in [0.15, 0.2) is 30.5 Å². The fourth-order valence-electron chi connectivity index (χ4n) is 5.57. The van der Waals surface area contributed by atoms with E-state index in [1.807, 2.05) is 18.3 Å². The van der Waals surface area contributed by atoms with Crippen LogP contribution in [0.1, 0.15) is 33.3 Å². The molecule has 0 radical (unpaired) electrons. The van der Waals surface area contributed by atoms with Crippen LogP contribution in [-0.2, 0) is 4.79 Å². The van der Waals surface area contributed by atoms with Gasteiger partial charge in [-0.25, -0.2) is 4.98 Å². The van der Waals surface area contributed by atoms with Crippen LogP contribution in [-0.4, -0.2) is 40.0 Å². The van der Waals surface area contributed by atoms with Gasteiger partial charge in [-0.2, -0.15) is 0 Å². The highest BCUT2D eigenvalue weighted by atomic mass is 16.5. The number of pyridine rings is 1. The number of ether oxygens (including phenoxy) is 1. The number of amides is 1. The van der Waals surface area contributed by atoms with Crippen LogP contribution in [0.4, 0.5) is 0 Å². The van der Waals surface area contributed by atoms with Crippen molar-refractivity contribution in [1.82, 2.24) is 9.88 Å². The molecule has 5 heteroatoms. The number of aromatic nitrogens is 1. The molecule has 4 atom stereocenters. The second-order valence-corrected chi connectivity index (χ2v) is 8.86. The number of carbonyl (C=O) groups is 1. The average molecular weight is 367 g/mol. The predicted molar refractivity (Wildman–Crippen MR) is 106 cm³/mol. The Morgan fingerprint density at radius 3 is 2.37 bits per heavy atom. The molecule has 4 unspecified atom stereocenters. The van der Waals surface area contributed by atoms with E-state index in [0.717, 1.165) is 10.9 Å². The fraction of sp³-hybridized carbons (Fsp3) is 0.545. The van der Waals surface area contributed by atoms with E-state index < -0.39 is 0 Å². The molecule has 2 aromatic rings. The Morgan fingerprint density at radius 2 is 1.78 bits per heavy atom. The van der Waals surface area contributed by atoms with Gasteiger partial charge in [0.05, 0.1) is 0 Å². The first-order chi connectivity index (χ1) is 12.7. The second kappa shape index (κ2) is 6.20. The predicted octanol–water partition coefficient (Wildman–Crippen LogP) is 3.14. The number of rotatable bonds is 5. The third kappa shape index (κ3) is 2.80. The SMILES string of the molecule is Cc1cnc(OCC(C)(C)N2C(C)C3C(C(N)=O)C3C2C)c2ccccc12. The van der Waals surface area contributed by atoms with E-state index in [-0.39, 0.29) is 17.4 Å². The normalized spacial score (nSPS) is 30.3. The first kappa shape index (κ1) is 18.2. The zero-order chi connectivity index (χ0) is 19.5. The number of piperidine rings is 1. The van der Waals surface area contributed by atoms with Crippen molar-refractivity contribution in [1.29, 1.82) is 0 Å². The third-order valence-corrected chi connectivity index (χ3v) is 6.67. The Labute approximate surface area is 160 Å². The van der Waals surface area contributed by atoms with Gasteiger partial charge in [-0.1, -0.05) is 18.2 Å². The van der Waals surface area contributed by atoms with Crippen LogP contribution in [0.3, 0.4) is 0 Å². The minimum atomic E-state index is -0.165. The summed E-state index contributed by atoms with van der Waals surface area (Å²) in [6.45, 7) is 11.5. The molecular weight excluding hydrogens is 338 g/mol. The average Bonchev–Trinajstić information content (AvgIpc) is 3.31. The number of nitrogens with two attached hydrogens (primary N) is 1. The molecule has 1 saturated heterocycles. The van der Waals surface area contributed by atoms with Crippen molar-refractivity contribution in [3.63, 3.8) is 0 Å². The molecule has 1 saturated carbocycles. The van der Waals surface area contributed by atoms with Crippen LogP contribution in [0.5, 0.6) is 5.88 Å². The van der Waals surface area contributed by atoms with Crippen molar-refractivity contribution in [2.75, 3.05) is 6.61 Å². The van der Waals surface area contributed by atoms with Crippen LogP contribution < -0.4 is 10.5 Å². The molecule has 0 bridgehead atoms. The van der Waals surface area contributed by atoms with E-state index in [4.69, 9.17) is 10.5 Å². The zero-order valence-electron chi connectivity index (χ0n) is 16.8. The Bertz CT molecular complexity index is 878. The minimum Gasteiger partial charge on any atom is -0.475 e. The molecule has 0 spiro atoms. The van der Waals surface area contributed by atoms with E-state index in [2.05, 4.69) is 56.6 Å². The van der Waals surface area contributed by atoms with Gasteiger partial charge in [0, 0.05) is 35.1 Å². The van der Waals surface area contributed by atoms with E-state index >= 15 is 0 Å². The minimum absolute atomic E-state index is 0.0469. The first-order valence-electron chi connectivity index (χ1n) is 9.79. The molecule has 1 aromatic carbocycles. The number of fused-ring (bicyclic) bond motifs is 2. The Balaban J connectivity index is 1.52. The Morgan fingerprint density at radius 1 is 1.19 bits per heavy atom. The lowest BCUT2D eigenvalue weighted by molar-refractivity contribution is -0.121. The lowest BCUT2D eigenvalue weighted by Crippen LogP contribution is -2.55. The molecule has 2 heterocycles. The van der Waals surface area contributed by atoms with Gasteiger partial charge in [-0.15, -0.1) is 0 Å². The number of aryl methyl sites for hydroxylation is 1. The Kier molecular flexibility index (Phi) is 4.18. The number of hydrogen-bond acceptors (Lipinski definition) is 4. The van der Waals surface area contributed by atoms with Gasteiger partial charge in [0.2, 0.25) is 11.8 Å². The highest BCUT2D eigenvalue weighted by Crippen LogP contribution is 2.60. The topological polar surface area (TPSA) is 68.4 Å². The van der Waals surface area contributed by atoms with Crippen molar-refractivity contribution in [3.05, 3.63) is 36.0 Å². The van der Waals surface area contributed by atoms with Crippen LogP contribution in [0, 0.1) is 24.7 Å². The van der Waals surface area contributed by atoms with Crippen molar-refractivity contribution in [2.45, 2.75) is 52.2 Å². The standard InChI is InChI=1S/C22H29N3O2/c1-12-10-24-21(16-9-7-6-8-15(12)16)27-11-22(4,5)25-13(2)17-18(14(25)3)19(17)20(23)26/h6-10,13-14,17-19H,11H2,1-5H3,(H2,23,26). The summed E-state index contributed by atoms with van der Waals surface area (Å²) < 4.78 is 6.23. The number of benzene rings is 1. The van der Waals surface area contributed by atoms with Crippen LogP contribution in [0.25, 0.3) is 10.8 Å². The van der Waals surface area contributed by atoms with Crippen LogP contribution in [0.2, 0.25) is 0 Å². The third-order valence-electron chi connectivity index (χ3n) is 6.67. The lowest BCUT2D eigenvalue weighted by Gasteiger charge is -2.43. The molecule has 27 heavy (non-hydrogen) atoms. The Hall–Kier alpha value is -2.14. The maximum absolute atomic E-state index is 11.7. The summed E-state index contributed by atoms with van der Waals surface area (Å²) in [5.41, 5.74) is 6.56. The molecule has 5 nitrogen and oxygen atoms in total.